The number of amides is 1. The summed E-state index contributed by atoms with van der Waals surface area (Å²) >= 11 is 6.44. The number of furan rings is 1. The number of hydrogen-bond donors (Lipinski definition) is 1. The quantitative estimate of drug-likeness (QED) is 0.181. The number of fused-ring (bicyclic) bond motifs is 1. The molecule has 0 aliphatic carbocycles. The molecule has 0 unspecified atom stereocenters. The van der Waals surface area contributed by atoms with Crippen molar-refractivity contribution in [1.82, 2.24) is 5.43 Å². The molecule has 1 heterocycles. The number of halogens is 1. The molecule has 1 N–H and O–H groups in total. The van der Waals surface area contributed by atoms with Gasteiger partial charge in [-0.3, -0.25) is 14.9 Å². The smallest absolute Gasteiger partial charge is 0.307 e. The molecule has 1 amide bonds. The molecule has 35 heavy (non-hydrogen) atoms. The van der Waals surface area contributed by atoms with Gasteiger partial charge in [0, 0.05) is 17.5 Å². The molecular weight excluding hydrogens is 474 g/mol. The summed E-state index contributed by atoms with van der Waals surface area (Å²) in [6.45, 7) is 2.57. The summed E-state index contributed by atoms with van der Waals surface area (Å²) in [4.78, 5) is 22.8. The second kappa shape index (κ2) is 10.7. The Kier molecular flexibility index (Phi) is 7.27. The number of nitrogens with one attached hydrogen (secondary N) is 1. The van der Waals surface area contributed by atoms with E-state index < -0.39 is 10.8 Å². The Balaban J connectivity index is 1.46. The molecule has 0 saturated carbocycles. The lowest BCUT2D eigenvalue weighted by Gasteiger charge is -2.14. The van der Waals surface area contributed by atoms with Gasteiger partial charge in [-0.25, -0.2) is 5.43 Å². The molecule has 9 nitrogen and oxygen atoms in total. The number of benzene rings is 3. The molecule has 0 fully saturated rings. The lowest BCUT2D eigenvalue weighted by atomic mass is 10.2. The maximum Gasteiger partial charge on any atom is 0.307 e. The number of non-ortho nitro benzene ring substituents is 1. The molecule has 0 atom stereocenters. The van der Waals surface area contributed by atoms with Crippen LogP contribution in [0.3, 0.4) is 0 Å². The van der Waals surface area contributed by atoms with Crippen LogP contribution in [0.1, 0.15) is 28.6 Å². The monoisotopic (exact) mass is 493 g/mol. The van der Waals surface area contributed by atoms with Crippen LogP contribution in [0.5, 0.6) is 11.5 Å². The highest BCUT2D eigenvalue weighted by atomic mass is 35.5. The van der Waals surface area contributed by atoms with Gasteiger partial charge in [-0.15, -0.1) is 0 Å². The van der Waals surface area contributed by atoms with E-state index in [4.69, 9.17) is 25.5 Å². The molecule has 1 aromatic heterocycles. The Morgan fingerprint density at radius 1 is 1.14 bits per heavy atom. The normalized spacial score (nSPS) is 11.0. The predicted molar refractivity (Wildman–Crippen MR) is 131 cm³/mol. The fourth-order valence-electron chi connectivity index (χ4n) is 3.27. The van der Waals surface area contributed by atoms with E-state index in [-0.39, 0.29) is 11.4 Å². The van der Waals surface area contributed by atoms with E-state index in [1.165, 1.54) is 30.5 Å². The van der Waals surface area contributed by atoms with Gasteiger partial charge in [0.1, 0.15) is 12.2 Å². The number of hydrazone groups is 1. The first-order chi connectivity index (χ1) is 16.9. The van der Waals surface area contributed by atoms with Gasteiger partial charge in [-0.1, -0.05) is 41.9 Å². The van der Waals surface area contributed by atoms with Gasteiger partial charge >= 0.3 is 5.91 Å². The summed E-state index contributed by atoms with van der Waals surface area (Å²) in [7, 11) is 0. The van der Waals surface area contributed by atoms with Gasteiger partial charge in [-0.05, 0) is 42.3 Å². The van der Waals surface area contributed by atoms with Crippen molar-refractivity contribution in [2.45, 2.75) is 13.5 Å². The topological polar surface area (TPSA) is 116 Å². The Morgan fingerprint density at radius 2 is 1.94 bits per heavy atom. The van der Waals surface area contributed by atoms with E-state index in [1.54, 1.807) is 12.1 Å². The van der Waals surface area contributed by atoms with Crippen molar-refractivity contribution in [3.8, 4) is 11.5 Å². The summed E-state index contributed by atoms with van der Waals surface area (Å²) in [5.41, 5.74) is 4.18. The fraction of sp³-hybridized carbons (Fsp3) is 0.120. The number of nitrogens with zero attached hydrogens (tertiary/aromatic N) is 2. The first-order valence-electron chi connectivity index (χ1n) is 10.6. The summed E-state index contributed by atoms with van der Waals surface area (Å²) in [5, 5.41) is 15.6. The molecule has 0 bridgehead atoms. The minimum absolute atomic E-state index is 0.0321. The van der Waals surface area contributed by atoms with Gasteiger partial charge in [-0.2, -0.15) is 5.10 Å². The van der Waals surface area contributed by atoms with Gasteiger partial charge < -0.3 is 13.9 Å². The maximum absolute atomic E-state index is 12.4. The van der Waals surface area contributed by atoms with E-state index in [0.717, 1.165) is 5.56 Å². The molecule has 0 spiro atoms. The minimum Gasteiger partial charge on any atom is -0.490 e. The SMILES string of the molecule is CCOc1cc(/C=N/NC(=O)c2cc3cc([N+](=O)[O-])ccc3o2)cc(Cl)c1OCc1ccccc1. The molecular formula is C25H20ClN3O6. The first-order valence-corrected chi connectivity index (χ1v) is 11.0. The van der Waals surface area contributed by atoms with Crippen molar-refractivity contribution in [3.63, 3.8) is 0 Å². The van der Waals surface area contributed by atoms with Crippen molar-refractivity contribution in [2.24, 2.45) is 5.10 Å². The standard InChI is InChI=1S/C25H20ClN3O6/c1-2-33-22-11-17(10-20(26)24(22)34-15-16-6-4-3-5-7-16)14-27-28-25(30)23-13-18-12-19(29(31)32)8-9-21(18)35-23/h3-14H,2,15H2,1H3,(H,28,30)/b27-14+. The van der Waals surface area contributed by atoms with E-state index in [1.807, 2.05) is 37.3 Å². The largest absolute Gasteiger partial charge is 0.490 e. The third kappa shape index (κ3) is 5.77. The van der Waals surface area contributed by atoms with E-state index in [9.17, 15) is 14.9 Å². The summed E-state index contributed by atoms with van der Waals surface area (Å²) in [5.74, 6) is 0.215. The first kappa shape index (κ1) is 23.8. The zero-order chi connectivity index (χ0) is 24.8. The zero-order valence-electron chi connectivity index (χ0n) is 18.6. The van der Waals surface area contributed by atoms with Crippen molar-refractivity contribution in [3.05, 3.63) is 98.8 Å². The number of ether oxygens (including phenoxy) is 2. The highest BCUT2D eigenvalue weighted by molar-refractivity contribution is 6.32. The van der Waals surface area contributed by atoms with Crippen molar-refractivity contribution >= 4 is 40.4 Å². The molecule has 4 aromatic rings. The molecule has 0 aliphatic rings. The Labute approximate surface area is 205 Å². The summed E-state index contributed by atoms with van der Waals surface area (Å²) in [6.07, 6.45) is 1.40. The van der Waals surface area contributed by atoms with Crippen molar-refractivity contribution < 1.29 is 23.6 Å². The number of nitro groups is 1. The molecule has 0 radical (unpaired) electrons. The van der Waals surface area contributed by atoms with Crippen LogP contribution >= 0.6 is 11.6 Å². The Hall–Kier alpha value is -4.37. The second-order valence-corrected chi connectivity index (χ2v) is 7.73. The third-order valence-corrected chi connectivity index (χ3v) is 5.15. The van der Waals surface area contributed by atoms with Crippen LogP contribution < -0.4 is 14.9 Å². The third-order valence-electron chi connectivity index (χ3n) is 4.87. The molecule has 0 aliphatic heterocycles. The van der Waals surface area contributed by atoms with E-state index in [2.05, 4.69) is 10.5 Å². The van der Waals surface area contributed by atoms with Crippen molar-refractivity contribution in [2.75, 3.05) is 6.61 Å². The van der Waals surface area contributed by atoms with Gasteiger partial charge in [0.25, 0.3) is 5.69 Å². The van der Waals surface area contributed by atoms with E-state index >= 15 is 0 Å². The highest BCUT2D eigenvalue weighted by Gasteiger charge is 2.15. The van der Waals surface area contributed by atoms with Crippen LogP contribution in [0.25, 0.3) is 11.0 Å². The van der Waals surface area contributed by atoms with Crippen LogP contribution in [-0.4, -0.2) is 23.7 Å². The van der Waals surface area contributed by atoms with Gasteiger partial charge in [0.05, 0.1) is 22.8 Å². The summed E-state index contributed by atoms with van der Waals surface area (Å²) < 4.78 is 17.0. The lowest BCUT2D eigenvalue weighted by Crippen LogP contribution is -2.16. The molecule has 178 valence electrons. The molecule has 0 saturated heterocycles. The fourth-order valence-corrected chi connectivity index (χ4v) is 3.55. The van der Waals surface area contributed by atoms with Crippen LogP contribution in [-0.2, 0) is 6.61 Å². The van der Waals surface area contributed by atoms with Crippen LogP contribution in [0.15, 0.2) is 76.2 Å². The lowest BCUT2D eigenvalue weighted by molar-refractivity contribution is -0.384. The van der Waals surface area contributed by atoms with Gasteiger partial charge in [0.15, 0.2) is 17.3 Å². The zero-order valence-corrected chi connectivity index (χ0v) is 19.3. The minimum atomic E-state index is -0.612. The average molecular weight is 494 g/mol. The maximum atomic E-state index is 12.4. The highest BCUT2D eigenvalue weighted by Crippen LogP contribution is 2.37. The number of rotatable bonds is 9. The second-order valence-electron chi connectivity index (χ2n) is 7.33. The average Bonchev–Trinajstić information content (AvgIpc) is 3.28. The van der Waals surface area contributed by atoms with Crippen LogP contribution in [0, 0.1) is 10.1 Å². The number of nitro benzene ring substituents is 1. The molecule has 4 rings (SSSR count). The molecule has 3 aromatic carbocycles. The summed E-state index contributed by atoms with van der Waals surface area (Å²) in [6, 6.07) is 18.5. The number of carbonyl (C=O) groups excluding carboxylic acids is 1. The molecule has 10 heteroatoms. The van der Waals surface area contributed by atoms with Crippen LogP contribution in [0.4, 0.5) is 5.69 Å². The number of carbonyl (C=O) groups is 1. The van der Waals surface area contributed by atoms with E-state index in [0.29, 0.717) is 46.3 Å². The van der Waals surface area contributed by atoms with Gasteiger partial charge in [0.2, 0.25) is 0 Å². The number of hydrogen-bond acceptors (Lipinski definition) is 7. The predicted octanol–water partition coefficient (Wildman–Crippen LogP) is 5.74. The Bertz CT molecular complexity index is 1400. The Morgan fingerprint density at radius 3 is 2.69 bits per heavy atom. The van der Waals surface area contributed by atoms with Crippen molar-refractivity contribution in [1.29, 1.82) is 0 Å². The van der Waals surface area contributed by atoms with Crippen LogP contribution in [0.2, 0.25) is 5.02 Å².